The zero-order valence-electron chi connectivity index (χ0n) is 16.2. The van der Waals surface area contributed by atoms with Gasteiger partial charge in [-0.15, -0.1) is 0 Å². The molecule has 0 aliphatic carbocycles. The van der Waals surface area contributed by atoms with Gasteiger partial charge in [-0.05, 0) is 49.5 Å². The number of aliphatic carboxylic acids is 1. The lowest BCUT2D eigenvalue weighted by Crippen LogP contribution is -2.35. The first-order valence-corrected chi connectivity index (χ1v) is 9.81. The number of fused-ring (bicyclic) bond motifs is 1. The number of carboxylic acid groups (broad SMARTS) is 1. The van der Waals surface area contributed by atoms with Gasteiger partial charge in [0.25, 0.3) is 5.91 Å². The number of carboxylic acids is 1. The third kappa shape index (κ3) is 3.42. The Morgan fingerprint density at radius 3 is 2.47 bits per heavy atom. The maximum atomic E-state index is 13.1. The van der Waals surface area contributed by atoms with Crippen molar-refractivity contribution in [2.24, 2.45) is 0 Å². The fraction of sp³-hybridized carbons (Fsp3) is 0.136. The first kappa shape index (κ1) is 19.7. The Balaban J connectivity index is 1.71. The van der Waals surface area contributed by atoms with Crippen molar-refractivity contribution >= 4 is 40.6 Å². The van der Waals surface area contributed by atoms with Crippen LogP contribution < -0.4 is 14.5 Å². The second kappa shape index (κ2) is 8.00. The van der Waals surface area contributed by atoms with Gasteiger partial charge in [-0.2, -0.15) is 0 Å². The zero-order valence-corrected chi connectivity index (χ0v) is 17.0. The third-order valence-corrected chi connectivity index (χ3v) is 5.18. The van der Waals surface area contributed by atoms with E-state index in [0.717, 1.165) is 11.4 Å². The van der Waals surface area contributed by atoms with Crippen molar-refractivity contribution in [3.05, 3.63) is 78.3 Å². The number of amides is 1. The van der Waals surface area contributed by atoms with E-state index in [9.17, 15) is 14.7 Å². The van der Waals surface area contributed by atoms with Gasteiger partial charge in [-0.1, -0.05) is 30.3 Å². The van der Waals surface area contributed by atoms with Gasteiger partial charge in [0.1, 0.15) is 12.2 Å². The molecule has 0 aromatic heterocycles. The fourth-order valence-corrected chi connectivity index (χ4v) is 3.80. The van der Waals surface area contributed by atoms with Crippen LogP contribution in [0.1, 0.15) is 6.92 Å². The predicted octanol–water partition coefficient (Wildman–Crippen LogP) is 3.35. The Hall–Kier alpha value is -3.65. The molecule has 152 valence electrons. The molecule has 1 amide bonds. The van der Waals surface area contributed by atoms with Crippen molar-refractivity contribution in [2.75, 3.05) is 22.9 Å². The molecule has 30 heavy (non-hydrogen) atoms. The van der Waals surface area contributed by atoms with Crippen LogP contribution in [-0.4, -0.2) is 40.1 Å². The summed E-state index contributed by atoms with van der Waals surface area (Å²) in [6.07, 6.45) is 3.23. The van der Waals surface area contributed by atoms with E-state index in [1.54, 1.807) is 36.4 Å². The summed E-state index contributed by atoms with van der Waals surface area (Å²) < 4.78 is 5.91. The highest BCUT2D eigenvalue weighted by Gasteiger charge is 2.39. The minimum Gasteiger partial charge on any atom is -0.480 e. The molecule has 4 rings (SSSR count). The number of para-hydroxylation sites is 3. The number of ether oxygens (including phenoxy) is 1. The Morgan fingerprint density at radius 1 is 1.07 bits per heavy atom. The summed E-state index contributed by atoms with van der Waals surface area (Å²) in [5, 5.41) is 9.45. The molecule has 2 aromatic rings. The summed E-state index contributed by atoms with van der Waals surface area (Å²) >= 11 is 5.43. The predicted molar refractivity (Wildman–Crippen MR) is 117 cm³/mol. The van der Waals surface area contributed by atoms with E-state index in [1.807, 2.05) is 42.2 Å². The number of allylic oxidation sites excluding steroid dienone is 2. The van der Waals surface area contributed by atoms with Crippen molar-refractivity contribution in [2.45, 2.75) is 6.92 Å². The van der Waals surface area contributed by atoms with E-state index in [2.05, 4.69) is 0 Å². The Bertz CT molecular complexity index is 1080. The number of benzene rings is 2. The van der Waals surface area contributed by atoms with Gasteiger partial charge < -0.3 is 19.6 Å². The highest BCUT2D eigenvalue weighted by molar-refractivity contribution is 7.80. The van der Waals surface area contributed by atoms with E-state index < -0.39 is 12.5 Å². The topological polar surface area (TPSA) is 73.3 Å². The van der Waals surface area contributed by atoms with E-state index in [4.69, 9.17) is 17.0 Å². The molecule has 0 unspecified atom stereocenters. The average molecular weight is 421 g/mol. The molecule has 1 saturated heterocycles. The van der Waals surface area contributed by atoms with Crippen molar-refractivity contribution in [1.82, 2.24) is 4.90 Å². The summed E-state index contributed by atoms with van der Waals surface area (Å²) in [4.78, 5) is 29.2. The number of hydrogen-bond acceptors (Lipinski definition) is 5. The van der Waals surface area contributed by atoms with Crippen molar-refractivity contribution in [3.8, 4) is 5.75 Å². The van der Waals surface area contributed by atoms with Crippen LogP contribution in [0.25, 0.3) is 0 Å². The standard InChI is InChI=1S/C22H19N3O4S/c1-2-23-16-10-6-7-11-18(16)29-19(23)13-12-17-21(28)25(15-8-4-3-5-9-15)22(30)24(17)14-20(26)27/h3-13H,2,14H2,1H3,(H,26,27)/b17-12-,19-13+. The van der Waals surface area contributed by atoms with Crippen LogP contribution in [0, 0.1) is 0 Å². The summed E-state index contributed by atoms with van der Waals surface area (Å²) in [6, 6.07) is 16.6. The molecule has 0 bridgehead atoms. The molecular weight excluding hydrogens is 402 g/mol. The van der Waals surface area contributed by atoms with E-state index in [0.29, 0.717) is 18.1 Å². The molecule has 1 fully saturated rings. The lowest BCUT2D eigenvalue weighted by atomic mass is 10.2. The Kier molecular flexibility index (Phi) is 5.24. The minimum atomic E-state index is -1.08. The molecule has 7 nitrogen and oxygen atoms in total. The van der Waals surface area contributed by atoms with Gasteiger partial charge in [0.15, 0.2) is 10.9 Å². The maximum Gasteiger partial charge on any atom is 0.323 e. The molecule has 2 aliphatic heterocycles. The molecule has 0 radical (unpaired) electrons. The molecule has 1 N–H and O–H groups in total. The maximum absolute atomic E-state index is 13.1. The molecule has 8 heteroatoms. The average Bonchev–Trinajstić information content (AvgIpc) is 3.21. The lowest BCUT2D eigenvalue weighted by Gasteiger charge is -2.18. The van der Waals surface area contributed by atoms with E-state index in [-0.39, 0.29) is 16.7 Å². The van der Waals surface area contributed by atoms with Crippen LogP contribution in [0.2, 0.25) is 0 Å². The first-order chi connectivity index (χ1) is 14.5. The number of anilines is 2. The minimum absolute atomic E-state index is 0.126. The zero-order chi connectivity index (χ0) is 21.3. The molecule has 0 saturated carbocycles. The van der Waals surface area contributed by atoms with Crippen LogP contribution >= 0.6 is 12.2 Å². The third-order valence-electron chi connectivity index (χ3n) is 4.78. The van der Waals surface area contributed by atoms with E-state index in [1.165, 1.54) is 9.80 Å². The second-order valence-corrected chi connectivity index (χ2v) is 6.97. The Labute approximate surface area is 179 Å². The smallest absolute Gasteiger partial charge is 0.323 e. The molecule has 0 spiro atoms. The SMILES string of the molecule is CCN1/C(=C\C=C2\C(=O)N(c3ccccc3)C(=S)N2CC(=O)O)Oc2ccccc21. The molecular formula is C22H19N3O4S. The van der Waals surface area contributed by atoms with Crippen LogP contribution in [-0.2, 0) is 9.59 Å². The molecule has 2 heterocycles. The summed E-state index contributed by atoms with van der Waals surface area (Å²) in [5.41, 5.74) is 1.69. The second-order valence-electron chi connectivity index (χ2n) is 6.61. The summed E-state index contributed by atoms with van der Waals surface area (Å²) in [7, 11) is 0. The largest absolute Gasteiger partial charge is 0.480 e. The van der Waals surface area contributed by atoms with Crippen LogP contribution in [0.3, 0.4) is 0 Å². The first-order valence-electron chi connectivity index (χ1n) is 9.40. The Morgan fingerprint density at radius 2 is 1.77 bits per heavy atom. The summed E-state index contributed by atoms with van der Waals surface area (Å²) in [6.45, 7) is 2.25. The van der Waals surface area contributed by atoms with Crippen molar-refractivity contribution in [3.63, 3.8) is 0 Å². The number of rotatable bonds is 5. The highest BCUT2D eigenvalue weighted by Crippen LogP contribution is 2.38. The van der Waals surface area contributed by atoms with Gasteiger partial charge in [-0.3, -0.25) is 14.5 Å². The van der Waals surface area contributed by atoms with E-state index >= 15 is 0 Å². The normalized spacial score (nSPS) is 18.4. The monoisotopic (exact) mass is 421 g/mol. The number of thiocarbonyl (C=S) groups is 1. The van der Waals surface area contributed by atoms with Gasteiger partial charge >= 0.3 is 5.97 Å². The van der Waals surface area contributed by atoms with Gasteiger partial charge in [0.05, 0.1) is 11.4 Å². The molecule has 2 aromatic carbocycles. The fourth-order valence-electron chi connectivity index (χ4n) is 3.45. The quantitative estimate of drug-likeness (QED) is 0.586. The summed E-state index contributed by atoms with van der Waals surface area (Å²) in [5.74, 6) is -0.190. The number of nitrogens with zero attached hydrogens (tertiary/aromatic N) is 3. The number of carbonyl (C=O) groups is 2. The van der Waals surface area contributed by atoms with Crippen LogP contribution in [0.5, 0.6) is 5.75 Å². The molecule has 0 atom stereocenters. The number of hydrogen-bond donors (Lipinski definition) is 1. The van der Waals surface area contributed by atoms with Gasteiger partial charge in [0.2, 0.25) is 5.88 Å². The van der Waals surface area contributed by atoms with Gasteiger partial charge in [-0.25, -0.2) is 0 Å². The highest BCUT2D eigenvalue weighted by atomic mass is 32.1. The lowest BCUT2D eigenvalue weighted by molar-refractivity contribution is -0.137. The number of carbonyl (C=O) groups excluding carboxylic acids is 1. The molecule has 2 aliphatic rings. The van der Waals surface area contributed by atoms with Crippen LogP contribution in [0.15, 0.2) is 78.3 Å². The van der Waals surface area contributed by atoms with Crippen molar-refractivity contribution < 1.29 is 19.4 Å². The van der Waals surface area contributed by atoms with Gasteiger partial charge in [0, 0.05) is 12.6 Å². The van der Waals surface area contributed by atoms with Crippen LogP contribution in [0.4, 0.5) is 11.4 Å². The van der Waals surface area contributed by atoms with Crippen molar-refractivity contribution in [1.29, 1.82) is 0 Å².